The normalized spacial score (nSPS) is 21.5. The number of rotatable bonds is 1. The fourth-order valence-corrected chi connectivity index (χ4v) is 3.48. The van der Waals surface area contributed by atoms with Gasteiger partial charge in [-0.3, -0.25) is 0 Å². The van der Waals surface area contributed by atoms with Gasteiger partial charge in [0.1, 0.15) is 0 Å². The maximum absolute atomic E-state index is 6.10. The van der Waals surface area contributed by atoms with E-state index in [4.69, 9.17) is 4.65 Å². The van der Waals surface area contributed by atoms with Crippen molar-refractivity contribution >= 4 is 33.8 Å². The summed E-state index contributed by atoms with van der Waals surface area (Å²) in [5.41, 5.74) is 1.33. The summed E-state index contributed by atoms with van der Waals surface area (Å²) in [7, 11) is 0. The molecule has 1 aliphatic rings. The largest absolute Gasteiger partial charge is 0.425 e. The highest BCUT2D eigenvalue weighted by molar-refractivity contribution is 7.19. The lowest BCUT2D eigenvalue weighted by atomic mass is 9.33. The minimum Gasteiger partial charge on any atom is -0.425 e. The summed E-state index contributed by atoms with van der Waals surface area (Å²) in [6, 6.07) is 8.58. The van der Waals surface area contributed by atoms with Crippen molar-refractivity contribution in [3.05, 3.63) is 29.6 Å². The molecule has 0 aliphatic carbocycles. The van der Waals surface area contributed by atoms with Crippen molar-refractivity contribution in [2.75, 3.05) is 0 Å². The maximum atomic E-state index is 6.10. The van der Waals surface area contributed by atoms with Crippen LogP contribution >= 0.6 is 11.3 Å². The van der Waals surface area contributed by atoms with Crippen LogP contribution in [-0.4, -0.2) is 12.5 Å². The Balaban J connectivity index is 2.07. The first-order chi connectivity index (χ1) is 7.93. The van der Waals surface area contributed by atoms with E-state index in [1.54, 1.807) is 0 Å². The minimum absolute atomic E-state index is 0.0271. The smallest absolute Gasteiger partial charge is 0.337 e. The molecule has 1 saturated heterocycles. The van der Waals surface area contributed by atoms with Crippen molar-refractivity contribution in [1.29, 1.82) is 0 Å². The van der Waals surface area contributed by atoms with Crippen LogP contribution in [0.25, 0.3) is 10.1 Å². The lowest BCUT2D eigenvalue weighted by Gasteiger charge is -2.56. The molecule has 17 heavy (non-hydrogen) atoms. The molecular formula is C14H17BOS. The zero-order valence-corrected chi connectivity index (χ0v) is 11.6. The molecule has 3 heteroatoms. The molecule has 1 aromatic carbocycles. The Morgan fingerprint density at radius 2 is 1.82 bits per heavy atom. The van der Waals surface area contributed by atoms with Crippen LogP contribution < -0.4 is 5.46 Å². The van der Waals surface area contributed by atoms with Gasteiger partial charge in [-0.1, -0.05) is 32.0 Å². The van der Waals surface area contributed by atoms with E-state index in [1.807, 2.05) is 11.3 Å². The van der Waals surface area contributed by atoms with Gasteiger partial charge in [0.25, 0.3) is 0 Å². The standard InChI is InChI=1S/C14H17BOS/c1-13(2)14(3,4)16-15(13)11-9-17-12-8-6-5-7-10(11)12/h5-9H,1-4H3. The molecule has 0 radical (unpaired) electrons. The van der Waals surface area contributed by atoms with Crippen molar-refractivity contribution in [1.82, 2.24) is 0 Å². The first kappa shape index (κ1) is 11.3. The molecule has 1 aromatic heterocycles. The monoisotopic (exact) mass is 244 g/mol. The first-order valence-corrected chi connectivity index (χ1v) is 6.95. The minimum atomic E-state index is -0.0271. The molecule has 1 aliphatic heterocycles. The van der Waals surface area contributed by atoms with Gasteiger partial charge in [0.15, 0.2) is 0 Å². The summed E-state index contributed by atoms with van der Waals surface area (Å²) in [6.45, 7) is 9.19. The molecule has 1 fully saturated rings. The second kappa shape index (κ2) is 3.36. The number of hydrogen-bond acceptors (Lipinski definition) is 2. The highest BCUT2D eigenvalue weighted by atomic mass is 32.1. The Hall–Kier alpha value is -0.795. The van der Waals surface area contributed by atoms with E-state index in [-0.39, 0.29) is 17.8 Å². The molecular weight excluding hydrogens is 227 g/mol. The van der Waals surface area contributed by atoms with Crippen LogP contribution in [0.5, 0.6) is 0 Å². The zero-order chi connectivity index (χ0) is 12.3. The number of fused-ring (bicyclic) bond motifs is 1. The van der Waals surface area contributed by atoms with Crippen molar-refractivity contribution < 1.29 is 4.65 Å². The summed E-state index contributed by atoms with van der Waals surface area (Å²) in [4.78, 5) is 0. The third kappa shape index (κ3) is 1.42. The summed E-state index contributed by atoms with van der Waals surface area (Å²) >= 11 is 1.81. The molecule has 0 amide bonds. The molecule has 0 bridgehead atoms. The molecule has 3 rings (SSSR count). The average Bonchev–Trinajstić information content (AvgIpc) is 2.69. The van der Waals surface area contributed by atoms with Crippen LogP contribution in [0.2, 0.25) is 5.31 Å². The van der Waals surface area contributed by atoms with Crippen LogP contribution in [-0.2, 0) is 4.65 Å². The van der Waals surface area contributed by atoms with Crippen molar-refractivity contribution in [2.24, 2.45) is 0 Å². The van der Waals surface area contributed by atoms with E-state index >= 15 is 0 Å². The molecule has 0 unspecified atom stereocenters. The predicted octanol–water partition coefficient (Wildman–Crippen LogP) is 3.69. The second-order valence-corrected chi connectivity index (χ2v) is 6.83. The van der Waals surface area contributed by atoms with Gasteiger partial charge in [-0.25, -0.2) is 0 Å². The third-order valence-corrected chi connectivity index (χ3v) is 5.39. The third-order valence-electron chi connectivity index (χ3n) is 4.41. The topological polar surface area (TPSA) is 9.23 Å². The Morgan fingerprint density at radius 3 is 2.47 bits per heavy atom. The first-order valence-electron chi connectivity index (χ1n) is 6.07. The Morgan fingerprint density at radius 1 is 1.12 bits per heavy atom. The van der Waals surface area contributed by atoms with Gasteiger partial charge in [0, 0.05) is 15.6 Å². The van der Waals surface area contributed by atoms with Gasteiger partial charge < -0.3 is 4.65 Å². The molecule has 1 nitrogen and oxygen atoms in total. The lowest BCUT2D eigenvalue weighted by molar-refractivity contribution is -0.00925. The van der Waals surface area contributed by atoms with Crippen molar-refractivity contribution in [3.8, 4) is 0 Å². The van der Waals surface area contributed by atoms with E-state index in [0.29, 0.717) is 0 Å². The second-order valence-electron chi connectivity index (χ2n) is 5.92. The van der Waals surface area contributed by atoms with Gasteiger partial charge in [0.05, 0.1) is 0 Å². The number of hydrogen-bond donors (Lipinski definition) is 0. The van der Waals surface area contributed by atoms with Crippen LogP contribution in [0.3, 0.4) is 0 Å². The van der Waals surface area contributed by atoms with Gasteiger partial charge >= 0.3 is 6.92 Å². The van der Waals surface area contributed by atoms with Crippen LogP contribution in [0, 0.1) is 0 Å². The van der Waals surface area contributed by atoms with Crippen LogP contribution in [0.4, 0.5) is 0 Å². The van der Waals surface area contributed by atoms with Crippen LogP contribution in [0.1, 0.15) is 27.7 Å². The summed E-state index contributed by atoms with van der Waals surface area (Å²) < 4.78 is 7.45. The molecule has 0 saturated carbocycles. The van der Waals surface area contributed by atoms with Gasteiger partial charge in [-0.05, 0) is 36.1 Å². The molecule has 0 atom stereocenters. The Kier molecular flexibility index (Phi) is 2.24. The van der Waals surface area contributed by atoms with Gasteiger partial charge in [-0.2, -0.15) is 0 Å². The van der Waals surface area contributed by atoms with E-state index in [9.17, 15) is 0 Å². The van der Waals surface area contributed by atoms with Crippen molar-refractivity contribution in [2.45, 2.75) is 38.6 Å². The van der Waals surface area contributed by atoms with E-state index in [0.717, 1.165) is 0 Å². The maximum Gasteiger partial charge on any atom is 0.337 e. The van der Waals surface area contributed by atoms with E-state index in [1.165, 1.54) is 15.5 Å². The molecule has 0 spiro atoms. The quantitative estimate of drug-likeness (QED) is 0.695. The molecule has 0 N–H and O–H groups in total. The van der Waals surface area contributed by atoms with E-state index in [2.05, 4.69) is 57.3 Å². The predicted molar refractivity (Wildman–Crippen MR) is 76.4 cm³/mol. The molecule has 2 aromatic rings. The average molecular weight is 244 g/mol. The highest BCUT2D eigenvalue weighted by Gasteiger charge is 2.59. The van der Waals surface area contributed by atoms with Gasteiger partial charge in [-0.15, -0.1) is 11.3 Å². The molecule has 2 heterocycles. The SMILES string of the molecule is CC1(C)OB(c2csc3ccccc23)C1(C)C. The number of benzene rings is 1. The van der Waals surface area contributed by atoms with Crippen LogP contribution in [0.15, 0.2) is 29.6 Å². The fourth-order valence-electron chi connectivity index (χ4n) is 2.51. The highest BCUT2D eigenvalue weighted by Crippen LogP contribution is 2.53. The summed E-state index contributed by atoms with van der Waals surface area (Å²) in [6.07, 6.45) is 0. The fraction of sp³-hybridized carbons (Fsp3) is 0.429. The number of thiophene rings is 1. The summed E-state index contributed by atoms with van der Waals surface area (Å²) in [5.74, 6) is 0. The molecule has 88 valence electrons. The zero-order valence-electron chi connectivity index (χ0n) is 10.8. The van der Waals surface area contributed by atoms with Gasteiger partial charge in [0.2, 0.25) is 0 Å². The Labute approximate surface area is 107 Å². The van der Waals surface area contributed by atoms with Crippen molar-refractivity contribution in [3.63, 3.8) is 0 Å². The summed E-state index contributed by atoms with van der Waals surface area (Å²) in [5, 5.41) is 3.80. The lowest BCUT2D eigenvalue weighted by Crippen LogP contribution is -2.66. The Bertz CT molecular complexity index is 570. The van der Waals surface area contributed by atoms with E-state index < -0.39 is 0 Å².